The van der Waals surface area contributed by atoms with Crippen molar-refractivity contribution in [3.05, 3.63) is 35.0 Å². The Kier molecular flexibility index (Phi) is 4.59. The van der Waals surface area contributed by atoms with Crippen LogP contribution in [0.3, 0.4) is 0 Å². The van der Waals surface area contributed by atoms with Crippen LogP contribution in [-0.4, -0.2) is 38.5 Å². The van der Waals surface area contributed by atoms with Gasteiger partial charge in [0.2, 0.25) is 11.1 Å². The number of thioether (sulfide) groups is 1. The Balaban J connectivity index is 1.88. The van der Waals surface area contributed by atoms with Gasteiger partial charge in [-0.25, -0.2) is 4.68 Å². The molecule has 0 fully saturated rings. The number of nitrogens with one attached hydrogen (secondary N) is 1. The van der Waals surface area contributed by atoms with Crippen LogP contribution in [0.15, 0.2) is 34.6 Å². The van der Waals surface area contributed by atoms with E-state index in [1.807, 2.05) is 6.07 Å². The lowest BCUT2D eigenvalue weighted by Crippen LogP contribution is -2.33. The lowest BCUT2D eigenvalue weighted by Gasteiger charge is -2.34. The number of rotatable bonds is 4. The molecule has 0 amide bonds. The summed E-state index contributed by atoms with van der Waals surface area (Å²) in [5.41, 5.74) is 2.48. The lowest BCUT2D eigenvalue weighted by molar-refractivity contribution is -0.117. The Hall–Kier alpha value is -2.48. The van der Waals surface area contributed by atoms with Gasteiger partial charge >= 0.3 is 0 Å². The van der Waals surface area contributed by atoms with Gasteiger partial charge in [0.1, 0.15) is 6.04 Å². The molecule has 2 unspecified atom stereocenters. The predicted molar refractivity (Wildman–Crippen MR) is 103 cm³/mol. The summed E-state index contributed by atoms with van der Waals surface area (Å²) < 4.78 is 7.05. The first-order valence-corrected chi connectivity index (χ1v) is 9.99. The molecule has 2 aromatic rings. The monoisotopic (exact) mass is 386 g/mol. The van der Waals surface area contributed by atoms with E-state index in [4.69, 9.17) is 4.74 Å². The number of hydrogen-bond donors (Lipinski definition) is 2. The van der Waals surface area contributed by atoms with Crippen molar-refractivity contribution in [1.82, 2.24) is 14.8 Å². The van der Waals surface area contributed by atoms with E-state index >= 15 is 0 Å². The van der Waals surface area contributed by atoms with Gasteiger partial charge in [0.05, 0.1) is 7.11 Å². The number of ketones is 1. The largest absolute Gasteiger partial charge is 0.504 e. The van der Waals surface area contributed by atoms with Crippen LogP contribution in [0.1, 0.15) is 38.3 Å². The summed E-state index contributed by atoms with van der Waals surface area (Å²) in [5.74, 6) is 2.36. The molecule has 2 atom stereocenters. The Bertz CT molecular complexity index is 937. The average molecular weight is 386 g/mol. The molecule has 2 aliphatic rings. The van der Waals surface area contributed by atoms with Gasteiger partial charge in [-0.1, -0.05) is 31.7 Å². The number of phenolic OH excluding ortho intramolecular Hbond substituents is 1. The van der Waals surface area contributed by atoms with E-state index in [1.165, 1.54) is 7.11 Å². The number of phenols is 1. The van der Waals surface area contributed by atoms with Crippen LogP contribution in [-0.2, 0) is 4.79 Å². The summed E-state index contributed by atoms with van der Waals surface area (Å²) in [6.45, 7) is 4.13. The van der Waals surface area contributed by atoms with Crippen molar-refractivity contribution in [2.24, 2.45) is 5.92 Å². The smallest absolute Gasteiger partial charge is 0.227 e. The van der Waals surface area contributed by atoms with E-state index in [-0.39, 0.29) is 23.5 Å². The maximum absolute atomic E-state index is 12.9. The van der Waals surface area contributed by atoms with Crippen LogP contribution in [0.5, 0.6) is 11.5 Å². The summed E-state index contributed by atoms with van der Waals surface area (Å²) in [6, 6.07) is 4.77. The van der Waals surface area contributed by atoms with Crippen LogP contribution in [0, 0.1) is 5.92 Å². The molecule has 0 radical (unpaired) electrons. The van der Waals surface area contributed by atoms with Gasteiger partial charge in [-0.2, -0.15) is 4.98 Å². The number of ether oxygens (including phenoxy) is 1. The van der Waals surface area contributed by atoms with Gasteiger partial charge < -0.3 is 15.2 Å². The fourth-order valence-electron chi connectivity index (χ4n) is 3.75. The minimum absolute atomic E-state index is 0.0639. The van der Waals surface area contributed by atoms with Gasteiger partial charge in [0, 0.05) is 17.7 Å². The molecule has 2 heterocycles. The topological polar surface area (TPSA) is 89.3 Å². The zero-order valence-electron chi connectivity index (χ0n) is 15.5. The van der Waals surface area contributed by atoms with E-state index in [2.05, 4.69) is 29.2 Å². The van der Waals surface area contributed by atoms with Gasteiger partial charge in [-0.15, -0.1) is 5.10 Å². The molecule has 2 N–H and O–H groups in total. The van der Waals surface area contributed by atoms with E-state index < -0.39 is 0 Å². The number of methoxy groups -OCH3 is 1. The van der Waals surface area contributed by atoms with Gasteiger partial charge in [-0.3, -0.25) is 4.79 Å². The predicted octanol–water partition coefficient (Wildman–Crippen LogP) is 3.37. The fraction of sp³-hybridized carbons (Fsp3) is 0.421. The van der Waals surface area contributed by atoms with E-state index in [0.29, 0.717) is 23.3 Å². The van der Waals surface area contributed by atoms with Crippen molar-refractivity contribution < 1.29 is 14.6 Å². The molecule has 1 aromatic carbocycles. The number of carbonyl (C=O) groups excluding carboxylic acids is 1. The molecule has 4 rings (SSSR count). The Labute approximate surface area is 161 Å². The zero-order valence-corrected chi connectivity index (χ0v) is 16.3. The molecule has 1 aliphatic carbocycles. The van der Waals surface area contributed by atoms with Crippen LogP contribution in [0.2, 0.25) is 0 Å². The molecule has 1 aromatic heterocycles. The first-order valence-electron chi connectivity index (χ1n) is 9.01. The number of benzene rings is 1. The number of anilines is 1. The highest BCUT2D eigenvalue weighted by Gasteiger charge is 2.38. The molecule has 1 aliphatic heterocycles. The summed E-state index contributed by atoms with van der Waals surface area (Å²) in [7, 11) is 1.51. The second-order valence-corrected chi connectivity index (χ2v) is 8.11. The standard InChI is InChI=1S/C19H22N4O3S/c1-4-27-19-21-18-20-12-7-10(2)8-14(25)16(12)17(23(18)22-19)11-5-6-13(24)15(9-11)26-3/h5-6,9-10,17,24H,4,7-8H2,1-3H3,(H,20,21,22). The molecule has 0 saturated heterocycles. The summed E-state index contributed by atoms with van der Waals surface area (Å²) in [5, 5.41) is 18.6. The average Bonchev–Trinajstić information content (AvgIpc) is 3.02. The lowest BCUT2D eigenvalue weighted by atomic mass is 9.81. The number of allylic oxidation sites excluding steroid dienone is 2. The highest BCUT2D eigenvalue weighted by atomic mass is 32.2. The maximum atomic E-state index is 12.9. The molecule has 0 saturated carbocycles. The molecule has 27 heavy (non-hydrogen) atoms. The molecule has 0 spiro atoms. The first kappa shape index (κ1) is 17.9. The molecule has 7 nitrogen and oxygen atoms in total. The van der Waals surface area contributed by atoms with E-state index in [9.17, 15) is 9.90 Å². The number of carbonyl (C=O) groups is 1. The first-order chi connectivity index (χ1) is 13.0. The third-order valence-corrected chi connectivity index (χ3v) is 5.62. The molecular formula is C19H22N4O3S. The minimum Gasteiger partial charge on any atom is -0.504 e. The number of hydrogen-bond acceptors (Lipinski definition) is 7. The Morgan fingerprint density at radius 3 is 2.96 bits per heavy atom. The second kappa shape index (κ2) is 6.92. The van der Waals surface area contributed by atoms with E-state index in [0.717, 1.165) is 29.0 Å². The Morgan fingerprint density at radius 1 is 1.41 bits per heavy atom. The summed E-state index contributed by atoms with van der Waals surface area (Å²) in [4.78, 5) is 17.5. The SMILES string of the molecule is CCSc1nc2n(n1)C(c1ccc(O)c(OC)c1)C1=C(CC(C)CC1=O)N2. The normalized spacial score (nSPS) is 21.5. The molecule has 8 heteroatoms. The van der Waals surface area contributed by atoms with Crippen molar-refractivity contribution in [2.45, 2.75) is 37.9 Å². The number of Topliss-reactive ketones (excluding diaryl/α,β-unsaturated/α-hetero) is 1. The van der Waals surface area contributed by atoms with Crippen molar-refractivity contribution >= 4 is 23.5 Å². The van der Waals surface area contributed by atoms with Crippen molar-refractivity contribution in [3.8, 4) is 11.5 Å². The third-order valence-electron chi connectivity index (χ3n) is 4.90. The van der Waals surface area contributed by atoms with Crippen molar-refractivity contribution in [1.29, 1.82) is 0 Å². The quantitative estimate of drug-likeness (QED) is 0.779. The van der Waals surface area contributed by atoms with E-state index in [1.54, 1.807) is 28.6 Å². The van der Waals surface area contributed by atoms with Crippen LogP contribution in [0.25, 0.3) is 0 Å². The van der Waals surface area contributed by atoms with Gasteiger partial charge in [-0.05, 0) is 35.8 Å². The number of nitrogens with zero attached hydrogens (tertiary/aromatic N) is 3. The molecule has 142 valence electrons. The Morgan fingerprint density at radius 2 is 2.22 bits per heavy atom. The maximum Gasteiger partial charge on any atom is 0.227 e. The molecule has 0 bridgehead atoms. The van der Waals surface area contributed by atoms with Crippen LogP contribution in [0.4, 0.5) is 5.95 Å². The van der Waals surface area contributed by atoms with Crippen molar-refractivity contribution in [3.63, 3.8) is 0 Å². The summed E-state index contributed by atoms with van der Waals surface area (Å²) >= 11 is 1.56. The minimum atomic E-state index is -0.385. The highest BCUT2D eigenvalue weighted by Crippen LogP contribution is 2.43. The summed E-state index contributed by atoms with van der Waals surface area (Å²) in [6.07, 6.45) is 1.32. The van der Waals surface area contributed by atoms with Gasteiger partial charge in [0.15, 0.2) is 17.3 Å². The zero-order chi connectivity index (χ0) is 19.1. The van der Waals surface area contributed by atoms with Crippen LogP contribution >= 0.6 is 11.8 Å². The van der Waals surface area contributed by atoms with Gasteiger partial charge in [0.25, 0.3) is 0 Å². The third kappa shape index (κ3) is 3.07. The fourth-order valence-corrected chi connectivity index (χ4v) is 4.30. The van der Waals surface area contributed by atoms with Crippen LogP contribution < -0.4 is 10.1 Å². The second-order valence-electron chi connectivity index (χ2n) is 6.88. The number of aromatic hydroxyl groups is 1. The number of fused-ring (bicyclic) bond motifs is 1. The molecular weight excluding hydrogens is 364 g/mol. The van der Waals surface area contributed by atoms with Crippen molar-refractivity contribution in [2.75, 3.05) is 18.2 Å². The number of aromatic nitrogens is 3. The highest BCUT2D eigenvalue weighted by molar-refractivity contribution is 7.99.